The second-order valence-electron chi connectivity index (χ2n) is 3.91. The van der Waals surface area contributed by atoms with E-state index >= 15 is 0 Å². The van der Waals surface area contributed by atoms with E-state index in [0.717, 1.165) is 0 Å². The number of nitro groups is 1. The van der Waals surface area contributed by atoms with Crippen molar-refractivity contribution < 1.29 is 9.72 Å². The number of amides is 1. The van der Waals surface area contributed by atoms with Crippen LogP contribution < -0.4 is 5.43 Å². The average Bonchev–Trinajstić information content (AvgIpc) is 2.49. The predicted octanol–water partition coefficient (Wildman–Crippen LogP) is 2.41. The van der Waals surface area contributed by atoms with Crippen molar-refractivity contribution in [2.45, 2.75) is 0 Å². The molecule has 1 heterocycles. The number of nitro benzene ring substituents is 1. The summed E-state index contributed by atoms with van der Waals surface area (Å²) in [5, 5.41) is 14.5. The van der Waals surface area contributed by atoms with Crippen LogP contribution in [0.1, 0.15) is 15.9 Å². The number of benzene rings is 1. The maximum Gasteiger partial charge on any atom is 0.288 e. The van der Waals surface area contributed by atoms with Crippen molar-refractivity contribution in [1.82, 2.24) is 10.4 Å². The van der Waals surface area contributed by atoms with Gasteiger partial charge in [-0.05, 0) is 18.2 Å². The highest BCUT2D eigenvalue weighted by molar-refractivity contribution is 6.32. The minimum absolute atomic E-state index is 0.0385. The molecular formula is C13H9ClN4O3. The molecule has 0 saturated heterocycles. The maximum atomic E-state index is 11.7. The Labute approximate surface area is 124 Å². The molecule has 7 nitrogen and oxygen atoms in total. The molecule has 1 aromatic heterocycles. The molecule has 0 unspecified atom stereocenters. The van der Waals surface area contributed by atoms with Crippen LogP contribution in [0.4, 0.5) is 5.69 Å². The van der Waals surface area contributed by atoms with Crippen molar-refractivity contribution in [1.29, 1.82) is 0 Å². The van der Waals surface area contributed by atoms with E-state index in [0.29, 0.717) is 11.1 Å². The summed E-state index contributed by atoms with van der Waals surface area (Å²) in [7, 11) is 0. The number of aromatic nitrogens is 1. The maximum absolute atomic E-state index is 11.7. The summed E-state index contributed by atoms with van der Waals surface area (Å²) in [6.07, 6.45) is 4.24. The first-order valence-corrected chi connectivity index (χ1v) is 6.13. The molecule has 0 bridgehead atoms. The normalized spacial score (nSPS) is 10.5. The fourth-order valence-electron chi connectivity index (χ4n) is 1.48. The third-order valence-corrected chi connectivity index (χ3v) is 2.79. The molecule has 2 rings (SSSR count). The van der Waals surface area contributed by atoms with Gasteiger partial charge in [0.05, 0.1) is 16.7 Å². The van der Waals surface area contributed by atoms with Gasteiger partial charge in [-0.2, -0.15) is 5.10 Å². The smallest absolute Gasteiger partial charge is 0.267 e. The Kier molecular flexibility index (Phi) is 4.57. The van der Waals surface area contributed by atoms with Gasteiger partial charge in [-0.25, -0.2) is 5.43 Å². The summed E-state index contributed by atoms with van der Waals surface area (Å²) >= 11 is 5.69. The minimum Gasteiger partial charge on any atom is -0.267 e. The highest BCUT2D eigenvalue weighted by Gasteiger charge is 2.11. The van der Waals surface area contributed by atoms with Crippen LogP contribution in [0, 0.1) is 10.1 Å². The van der Waals surface area contributed by atoms with Crippen LogP contribution in [-0.4, -0.2) is 22.0 Å². The molecule has 0 saturated carbocycles. The van der Waals surface area contributed by atoms with Gasteiger partial charge in [0.25, 0.3) is 11.6 Å². The first-order chi connectivity index (χ1) is 10.1. The number of pyridine rings is 1. The molecule has 0 fully saturated rings. The number of rotatable bonds is 4. The summed E-state index contributed by atoms with van der Waals surface area (Å²) in [6.45, 7) is 0. The molecule has 0 atom stereocenters. The Morgan fingerprint density at radius 3 is 2.90 bits per heavy atom. The van der Waals surface area contributed by atoms with E-state index < -0.39 is 10.8 Å². The number of carbonyl (C=O) groups excluding carboxylic acids is 1. The summed E-state index contributed by atoms with van der Waals surface area (Å²) in [5.74, 6) is -0.428. The van der Waals surface area contributed by atoms with Crippen molar-refractivity contribution in [2.75, 3.05) is 0 Å². The van der Waals surface area contributed by atoms with Crippen LogP contribution in [-0.2, 0) is 0 Å². The van der Waals surface area contributed by atoms with Gasteiger partial charge in [0.2, 0.25) is 0 Å². The Hall–Kier alpha value is -2.80. The average molecular weight is 305 g/mol. The highest BCUT2D eigenvalue weighted by atomic mass is 35.5. The zero-order chi connectivity index (χ0) is 15.2. The Balaban J connectivity index is 2.07. The van der Waals surface area contributed by atoms with Gasteiger partial charge in [-0.3, -0.25) is 19.9 Å². The molecule has 21 heavy (non-hydrogen) atoms. The van der Waals surface area contributed by atoms with E-state index in [-0.39, 0.29) is 10.7 Å². The molecule has 106 valence electrons. The molecule has 1 aromatic carbocycles. The predicted molar refractivity (Wildman–Crippen MR) is 77.4 cm³/mol. The van der Waals surface area contributed by atoms with Crippen molar-refractivity contribution in [3.05, 3.63) is 69.0 Å². The second kappa shape index (κ2) is 6.58. The van der Waals surface area contributed by atoms with Crippen molar-refractivity contribution in [2.24, 2.45) is 5.10 Å². The van der Waals surface area contributed by atoms with Gasteiger partial charge in [0.15, 0.2) is 0 Å². The molecule has 0 aliphatic carbocycles. The minimum atomic E-state index is -0.589. The second-order valence-corrected chi connectivity index (χ2v) is 4.32. The zero-order valence-corrected chi connectivity index (χ0v) is 11.3. The third kappa shape index (κ3) is 3.83. The standard InChI is InChI=1S/C13H9ClN4O3/c14-11-4-3-9(6-12(11)18(20)21)7-16-17-13(19)10-2-1-5-15-8-10/h1-8H,(H,17,19). The Bertz CT molecular complexity index is 704. The molecule has 0 radical (unpaired) electrons. The number of nitrogens with zero attached hydrogens (tertiary/aromatic N) is 3. The lowest BCUT2D eigenvalue weighted by Gasteiger charge is -1.99. The number of hydrogen-bond acceptors (Lipinski definition) is 5. The summed E-state index contributed by atoms with van der Waals surface area (Å²) in [6, 6.07) is 7.42. The van der Waals surface area contributed by atoms with Gasteiger partial charge < -0.3 is 0 Å². The lowest BCUT2D eigenvalue weighted by atomic mass is 10.2. The van der Waals surface area contributed by atoms with Gasteiger partial charge in [-0.1, -0.05) is 17.7 Å². The number of hydrogen-bond donors (Lipinski definition) is 1. The van der Waals surface area contributed by atoms with Crippen LogP contribution in [0.5, 0.6) is 0 Å². The number of nitrogens with one attached hydrogen (secondary N) is 1. The van der Waals surface area contributed by atoms with E-state index in [4.69, 9.17) is 11.6 Å². The molecule has 1 amide bonds. The van der Waals surface area contributed by atoms with Crippen LogP contribution in [0.25, 0.3) is 0 Å². The monoisotopic (exact) mass is 304 g/mol. The zero-order valence-electron chi connectivity index (χ0n) is 10.6. The Morgan fingerprint density at radius 2 is 2.24 bits per heavy atom. The first-order valence-electron chi connectivity index (χ1n) is 5.75. The van der Waals surface area contributed by atoms with Crippen molar-refractivity contribution in [3.63, 3.8) is 0 Å². The summed E-state index contributed by atoms with van der Waals surface area (Å²) in [4.78, 5) is 25.6. The summed E-state index contributed by atoms with van der Waals surface area (Å²) < 4.78 is 0. The molecular weight excluding hydrogens is 296 g/mol. The topological polar surface area (TPSA) is 97.5 Å². The molecule has 0 spiro atoms. The van der Waals surface area contributed by atoms with E-state index in [1.165, 1.54) is 24.5 Å². The molecule has 2 aromatic rings. The summed E-state index contributed by atoms with van der Waals surface area (Å²) in [5.41, 5.74) is 2.88. The largest absolute Gasteiger partial charge is 0.288 e. The molecule has 0 aliphatic heterocycles. The van der Waals surface area contributed by atoms with Gasteiger partial charge in [0, 0.05) is 24.0 Å². The van der Waals surface area contributed by atoms with Crippen molar-refractivity contribution in [3.8, 4) is 0 Å². The number of hydrazone groups is 1. The van der Waals surface area contributed by atoms with Gasteiger partial charge in [0.1, 0.15) is 5.02 Å². The quantitative estimate of drug-likeness (QED) is 0.533. The number of carbonyl (C=O) groups is 1. The fourth-order valence-corrected chi connectivity index (χ4v) is 1.66. The SMILES string of the molecule is O=C(NN=Cc1ccc(Cl)c([N+](=O)[O-])c1)c1cccnc1. The number of halogens is 1. The van der Waals surface area contributed by atoms with Gasteiger partial charge >= 0.3 is 0 Å². The van der Waals surface area contributed by atoms with E-state index in [1.54, 1.807) is 24.4 Å². The lowest BCUT2D eigenvalue weighted by molar-refractivity contribution is -0.384. The molecule has 0 aliphatic rings. The van der Waals surface area contributed by atoms with Crippen molar-refractivity contribution >= 4 is 29.4 Å². The van der Waals surface area contributed by atoms with Crippen LogP contribution in [0.15, 0.2) is 47.8 Å². The van der Waals surface area contributed by atoms with E-state index in [2.05, 4.69) is 15.5 Å². The van der Waals surface area contributed by atoms with Gasteiger partial charge in [-0.15, -0.1) is 0 Å². The Morgan fingerprint density at radius 1 is 1.43 bits per heavy atom. The first kappa shape index (κ1) is 14.6. The van der Waals surface area contributed by atoms with E-state index in [1.807, 2.05) is 0 Å². The molecule has 8 heteroatoms. The molecule has 1 N–H and O–H groups in total. The third-order valence-electron chi connectivity index (χ3n) is 2.47. The van der Waals surface area contributed by atoms with Crippen LogP contribution in [0.2, 0.25) is 5.02 Å². The van der Waals surface area contributed by atoms with Crippen LogP contribution >= 0.6 is 11.6 Å². The highest BCUT2D eigenvalue weighted by Crippen LogP contribution is 2.24. The lowest BCUT2D eigenvalue weighted by Crippen LogP contribution is -2.17. The van der Waals surface area contributed by atoms with Crippen LogP contribution in [0.3, 0.4) is 0 Å². The fraction of sp³-hybridized carbons (Fsp3) is 0. The van der Waals surface area contributed by atoms with E-state index in [9.17, 15) is 14.9 Å².